The molecule has 2 heterocycles. The minimum absolute atomic E-state index is 0.158. The first-order valence-electron chi connectivity index (χ1n) is 9.06. The Hall–Kier alpha value is -3.89. The van der Waals surface area contributed by atoms with Gasteiger partial charge in [-0.15, -0.1) is 0 Å². The molecule has 2 aromatic heterocycles. The van der Waals surface area contributed by atoms with E-state index in [0.29, 0.717) is 17.1 Å². The lowest BCUT2D eigenvalue weighted by molar-refractivity contribution is -0.137. The number of carbonyl (C=O) groups is 1. The van der Waals surface area contributed by atoms with Crippen molar-refractivity contribution in [1.29, 1.82) is 10.5 Å². The normalized spacial score (nSPS) is 12.0. The molecule has 0 saturated heterocycles. The second-order valence-corrected chi connectivity index (χ2v) is 7.24. The average molecular weight is 459 g/mol. The van der Waals surface area contributed by atoms with Crippen LogP contribution in [0.5, 0.6) is 0 Å². The fourth-order valence-electron chi connectivity index (χ4n) is 3.05. The molecule has 0 bridgehead atoms. The fourth-order valence-corrected chi connectivity index (χ4v) is 3.28. The summed E-state index contributed by atoms with van der Waals surface area (Å²) in [5, 5.41) is 22.4. The molecule has 1 atom stereocenters. The highest BCUT2D eigenvalue weighted by molar-refractivity contribution is 6.31. The van der Waals surface area contributed by atoms with Crippen molar-refractivity contribution in [2.75, 3.05) is 7.05 Å². The topological polar surface area (TPSA) is 98.6 Å². The fraction of sp³-hybridized carbons (Fsp3) is 0.190. The van der Waals surface area contributed by atoms with E-state index < -0.39 is 23.7 Å². The van der Waals surface area contributed by atoms with Crippen molar-refractivity contribution < 1.29 is 18.0 Å². The van der Waals surface area contributed by atoms with Crippen LogP contribution in [0.4, 0.5) is 13.2 Å². The maximum absolute atomic E-state index is 13.1. The van der Waals surface area contributed by atoms with Crippen molar-refractivity contribution in [3.8, 4) is 18.0 Å². The van der Waals surface area contributed by atoms with Crippen LogP contribution >= 0.6 is 11.6 Å². The van der Waals surface area contributed by atoms with E-state index >= 15 is 0 Å². The van der Waals surface area contributed by atoms with E-state index in [1.165, 1.54) is 41.2 Å². The summed E-state index contributed by atoms with van der Waals surface area (Å²) in [6.45, 7) is 1.60. The largest absolute Gasteiger partial charge is 0.416 e. The van der Waals surface area contributed by atoms with E-state index in [2.05, 4.69) is 10.1 Å². The van der Waals surface area contributed by atoms with Crippen molar-refractivity contribution in [2.45, 2.75) is 19.1 Å². The number of hydrogen-bond acceptors (Lipinski definition) is 5. The Bertz CT molecular complexity index is 1250. The molecule has 0 fully saturated rings. The van der Waals surface area contributed by atoms with E-state index in [1.54, 1.807) is 6.92 Å². The summed E-state index contributed by atoms with van der Waals surface area (Å²) in [6, 6.07) is 8.81. The van der Waals surface area contributed by atoms with Gasteiger partial charge in [0.05, 0.1) is 34.6 Å². The molecule has 162 valence electrons. The van der Waals surface area contributed by atoms with Gasteiger partial charge in [0.1, 0.15) is 12.1 Å². The highest BCUT2D eigenvalue weighted by atomic mass is 35.5. The summed E-state index contributed by atoms with van der Waals surface area (Å²) in [5.41, 5.74) is -0.507. The number of nitriles is 2. The molecular formula is C21H14ClF3N6O. The van der Waals surface area contributed by atoms with Crippen LogP contribution in [0.25, 0.3) is 5.82 Å². The lowest BCUT2D eigenvalue weighted by Gasteiger charge is -2.26. The third kappa shape index (κ3) is 4.41. The number of benzene rings is 1. The zero-order chi connectivity index (χ0) is 23.6. The molecule has 32 heavy (non-hydrogen) atoms. The highest BCUT2D eigenvalue weighted by Crippen LogP contribution is 2.33. The van der Waals surface area contributed by atoms with Gasteiger partial charge in [-0.05, 0) is 37.3 Å². The number of amides is 1. The molecule has 1 amide bonds. The molecule has 11 heteroatoms. The van der Waals surface area contributed by atoms with Crippen molar-refractivity contribution in [3.63, 3.8) is 0 Å². The standard InChI is InChI=1S/C21H14ClF3N6O/c1-12(30(2)20(32)14-5-16(21(23,24)25)7-17(22)6-14)19-15(9-27)11-29-31(19)18-4-3-13(8-26)10-28-18/h3-7,10-12H,1-2H3. The maximum atomic E-state index is 13.1. The van der Waals surface area contributed by atoms with Crippen molar-refractivity contribution >= 4 is 17.5 Å². The summed E-state index contributed by atoms with van der Waals surface area (Å²) < 4.78 is 40.7. The van der Waals surface area contributed by atoms with Crippen LogP contribution in [0.2, 0.25) is 5.02 Å². The Balaban J connectivity index is 2.01. The smallest absolute Gasteiger partial charge is 0.333 e. The Morgan fingerprint density at radius 2 is 1.91 bits per heavy atom. The number of pyridine rings is 1. The highest BCUT2D eigenvalue weighted by Gasteiger charge is 2.33. The molecule has 3 aromatic rings. The van der Waals surface area contributed by atoms with Crippen LogP contribution in [0.1, 0.15) is 45.7 Å². The minimum Gasteiger partial charge on any atom is -0.333 e. The van der Waals surface area contributed by atoms with Crippen LogP contribution in [-0.2, 0) is 6.18 Å². The quantitative estimate of drug-likeness (QED) is 0.572. The molecule has 0 radical (unpaired) electrons. The van der Waals surface area contributed by atoms with Gasteiger partial charge in [-0.25, -0.2) is 9.67 Å². The van der Waals surface area contributed by atoms with Crippen LogP contribution in [0, 0.1) is 22.7 Å². The zero-order valence-corrected chi connectivity index (χ0v) is 17.5. The Morgan fingerprint density at radius 3 is 2.47 bits per heavy atom. The predicted molar refractivity (Wildman–Crippen MR) is 108 cm³/mol. The number of halogens is 4. The number of alkyl halides is 3. The van der Waals surface area contributed by atoms with Crippen molar-refractivity contribution in [1.82, 2.24) is 19.7 Å². The van der Waals surface area contributed by atoms with Gasteiger partial charge in [0, 0.05) is 23.8 Å². The van der Waals surface area contributed by atoms with E-state index in [-0.39, 0.29) is 16.1 Å². The third-order valence-corrected chi connectivity index (χ3v) is 5.01. The second-order valence-electron chi connectivity index (χ2n) is 6.80. The van der Waals surface area contributed by atoms with Gasteiger partial charge in [0.2, 0.25) is 0 Å². The molecule has 3 rings (SSSR count). The van der Waals surface area contributed by atoms with Gasteiger partial charge >= 0.3 is 6.18 Å². The van der Waals surface area contributed by atoms with Gasteiger partial charge < -0.3 is 4.90 Å². The molecule has 0 N–H and O–H groups in total. The molecular weight excluding hydrogens is 445 g/mol. The first-order chi connectivity index (χ1) is 15.1. The Labute approximate surface area is 185 Å². The van der Waals surface area contributed by atoms with Gasteiger partial charge in [-0.3, -0.25) is 4.79 Å². The van der Waals surface area contributed by atoms with Crippen LogP contribution in [0.15, 0.2) is 42.7 Å². The van der Waals surface area contributed by atoms with Gasteiger partial charge in [0.25, 0.3) is 5.91 Å². The van der Waals surface area contributed by atoms with E-state index in [4.69, 9.17) is 16.9 Å². The molecule has 0 aliphatic carbocycles. The summed E-state index contributed by atoms with van der Waals surface area (Å²) in [5.74, 6) is -0.426. The second kappa shape index (κ2) is 8.69. The number of rotatable bonds is 4. The van der Waals surface area contributed by atoms with Crippen molar-refractivity contribution in [2.24, 2.45) is 0 Å². The molecule has 1 aromatic carbocycles. The molecule has 0 aliphatic heterocycles. The number of carbonyl (C=O) groups excluding carboxylic acids is 1. The molecule has 1 unspecified atom stereocenters. The van der Waals surface area contributed by atoms with Crippen LogP contribution < -0.4 is 0 Å². The Morgan fingerprint density at radius 1 is 1.19 bits per heavy atom. The van der Waals surface area contributed by atoms with E-state index in [0.717, 1.165) is 18.2 Å². The Kier molecular flexibility index (Phi) is 6.19. The third-order valence-electron chi connectivity index (χ3n) is 4.79. The molecule has 7 nitrogen and oxygen atoms in total. The number of nitrogens with zero attached hydrogens (tertiary/aromatic N) is 6. The van der Waals surface area contributed by atoms with Gasteiger partial charge in [0.15, 0.2) is 5.82 Å². The van der Waals surface area contributed by atoms with E-state index in [1.807, 2.05) is 12.1 Å². The van der Waals surface area contributed by atoms with E-state index in [9.17, 15) is 23.2 Å². The van der Waals surface area contributed by atoms with Crippen molar-refractivity contribution in [3.05, 3.63) is 75.7 Å². The summed E-state index contributed by atoms with van der Waals surface area (Å²) in [6.07, 6.45) is -2.04. The lowest BCUT2D eigenvalue weighted by Crippen LogP contribution is -2.31. The lowest BCUT2D eigenvalue weighted by atomic mass is 10.1. The predicted octanol–water partition coefficient (Wildman–Crippen LogP) is 4.52. The van der Waals surface area contributed by atoms with Gasteiger partial charge in [-0.1, -0.05) is 11.6 Å². The summed E-state index contributed by atoms with van der Waals surface area (Å²) in [4.78, 5) is 18.3. The molecule has 0 spiro atoms. The monoisotopic (exact) mass is 458 g/mol. The minimum atomic E-state index is -4.67. The van der Waals surface area contributed by atoms with Crippen LogP contribution in [0.3, 0.4) is 0 Å². The first kappa shape index (κ1) is 22.8. The summed E-state index contributed by atoms with van der Waals surface area (Å²) in [7, 11) is 1.39. The summed E-state index contributed by atoms with van der Waals surface area (Å²) >= 11 is 5.80. The first-order valence-corrected chi connectivity index (χ1v) is 9.44. The average Bonchev–Trinajstić information content (AvgIpc) is 3.20. The molecule has 0 saturated carbocycles. The van der Waals surface area contributed by atoms with Gasteiger partial charge in [-0.2, -0.15) is 28.8 Å². The zero-order valence-electron chi connectivity index (χ0n) is 16.7. The number of hydrogen-bond donors (Lipinski definition) is 0. The maximum Gasteiger partial charge on any atom is 0.416 e. The molecule has 0 aliphatic rings. The SMILES string of the molecule is CC(c1c(C#N)cnn1-c1ccc(C#N)cn1)N(C)C(=O)c1cc(Cl)cc(C(F)(F)F)c1. The van der Waals surface area contributed by atoms with Crippen LogP contribution in [-0.4, -0.2) is 32.6 Å². The number of aromatic nitrogens is 3.